The van der Waals surface area contributed by atoms with E-state index in [-0.39, 0.29) is 27.2 Å². The molecule has 0 aromatic rings. The van der Waals surface area contributed by atoms with Gasteiger partial charge in [0, 0.05) is 0 Å². The van der Waals surface area contributed by atoms with Crippen molar-refractivity contribution in [3.63, 3.8) is 0 Å². The molecule has 113 valence electrons. The predicted molar refractivity (Wildman–Crippen MR) is 133 cm³/mol. The summed E-state index contributed by atoms with van der Waals surface area (Å²) in [5, 5.41) is 0. The van der Waals surface area contributed by atoms with E-state index in [1.54, 1.807) is 0 Å². The van der Waals surface area contributed by atoms with Crippen LogP contribution in [0.2, 0.25) is 0 Å². The fraction of sp³-hybridized carbons (Fsp3) is 0.778. The van der Waals surface area contributed by atoms with E-state index in [2.05, 4.69) is 129 Å². The first-order valence-corrected chi connectivity index (χ1v) is 27.9. The summed E-state index contributed by atoms with van der Waals surface area (Å²) in [6.07, 6.45) is 6.00. The molecule has 0 atom stereocenters. The van der Waals surface area contributed by atoms with Gasteiger partial charge in [0.15, 0.2) is 0 Å². The van der Waals surface area contributed by atoms with Gasteiger partial charge in [0.1, 0.15) is 0 Å². The van der Waals surface area contributed by atoms with E-state index in [9.17, 15) is 0 Å². The summed E-state index contributed by atoms with van der Waals surface area (Å²) >= 11 is 14.4. The molecule has 1 fully saturated rings. The van der Waals surface area contributed by atoms with Gasteiger partial charge in [-0.3, -0.25) is 0 Å². The van der Waals surface area contributed by atoms with E-state index in [0.717, 1.165) is 0 Å². The summed E-state index contributed by atoms with van der Waals surface area (Å²) in [7, 11) is 0.628. The Morgan fingerprint density at radius 2 is 1.00 bits per heavy atom. The van der Waals surface area contributed by atoms with Gasteiger partial charge in [-0.1, -0.05) is 62.6 Å². The molecule has 0 aliphatic heterocycles. The van der Waals surface area contributed by atoms with E-state index in [1.807, 2.05) is 0 Å². The van der Waals surface area contributed by atoms with Crippen molar-refractivity contribution in [1.82, 2.24) is 0 Å². The van der Waals surface area contributed by atoms with Crippen LogP contribution < -0.4 is 0 Å². The monoisotopic (exact) mass is 994 g/mol. The van der Waals surface area contributed by atoms with Gasteiger partial charge >= 0.3 is 114 Å². The van der Waals surface area contributed by atoms with Crippen LogP contribution in [0.5, 0.6) is 0 Å². The molecule has 0 aromatic carbocycles. The van der Waals surface area contributed by atoms with Crippen molar-refractivity contribution in [2.24, 2.45) is 0 Å². The second kappa shape index (κ2) is 43.0. The van der Waals surface area contributed by atoms with Gasteiger partial charge in [-0.25, -0.2) is 0 Å². The van der Waals surface area contributed by atoms with Gasteiger partial charge in [-0.2, -0.15) is 0 Å². The van der Waals surface area contributed by atoms with E-state index < -0.39 is 0 Å². The van der Waals surface area contributed by atoms with Crippen LogP contribution in [0.4, 0.5) is 0 Å². The van der Waals surface area contributed by atoms with Crippen molar-refractivity contribution < 1.29 is 14.4 Å². The van der Waals surface area contributed by atoms with Crippen LogP contribution in [0.25, 0.3) is 0 Å². The number of hydrogen-bond acceptors (Lipinski definition) is 0. The third-order valence-corrected chi connectivity index (χ3v) is 1.000. The van der Waals surface area contributed by atoms with E-state index >= 15 is 0 Å². The minimum absolute atomic E-state index is 0. The molecule has 0 amide bonds. The standard InChI is InChI=1S/C4H8.C2H5I.CH4.2CH3.5HI.2V/c1-2-4-3-1;1-2-3;;;;;;;;;;/h1-4H2;2H2,1H3;1H4;2*1H3;5*1H;;/q;;;2*-1;;;;;;+2;+3/p-5. The van der Waals surface area contributed by atoms with E-state index in [4.69, 9.17) is 0 Å². The Morgan fingerprint density at radius 3 is 1.00 bits per heavy atom. The number of halogens is 6. The quantitative estimate of drug-likeness (QED) is 0.129. The zero-order chi connectivity index (χ0) is 11.8. The molecule has 0 nitrogen and oxygen atoms in total. The summed E-state index contributed by atoms with van der Waals surface area (Å²) < 4.78 is 1.22. The fourth-order valence-electron chi connectivity index (χ4n) is 0.250. The Balaban J connectivity index is -0.0000000227. The number of hydrogen-bond donors (Lipinski definition) is 0. The molecule has 0 bridgehead atoms. The Hall–Kier alpha value is 5.55. The van der Waals surface area contributed by atoms with Crippen LogP contribution in [0.1, 0.15) is 40.0 Å². The first kappa shape index (κ1) is 38.2. The average Bonchev–Trinajstić information content (AvgIpc) is 1.82. The van der Waals surface area contributed by atoms with Gasteiger partial charge in [0.2, 0.25) is 0 Å². The molecular formula is C9H23I6V2-2. The summed E-state index contributed by atoms with van der Waals surface area (Å²) in [6, 6.07) is 0. The maximum absolute atomic E-state index is 2.46. The van der Waals surface area contributed by atoms with E-state index in [1.165, 1.54) is 30.1 Å². The molecular weight excluding hydrogens is 971 g/mol. The third-order valence-electron chi connectivity index (χ3n) is 1.000. The first-order valence-electron chi connectivity index (χ1n) is 3.82. The Morgan fingerprint density at radius 1 is 0.941 bits per heavy atom. The van der Waals surface area contributed by atoms with Crippen molar-refractivity contribution in [1.29, 1.82) is 0 Å². The maximum atomic E-state index is 2.46. The molecule has 8 heteroatoms. The Bertz CT molecular complexity index is 65.8. The first-order chi connectivity index (χ1) is 6.56. The normalized spacial score (nSPS) is 9.65. The zero-order valence-electron chi connectivity index (χ0n) is 9.70. The predicted octanol–water partition coefficient (Wildman–Crippen LogP) is 8.96. The van der Waals surface area contributed by atoms with Crippen LogP contribution in [0, 0.1) is 14.9 Å². The molecule has 0 saturated heterocycles. The van der Waals surface area contributed by atoms with Crippen molar-refractivity contribution in [2.75, 3.05) is 4.43 Å². The van der Waals surface area contributed by atoms with Gasteiger partial charge in [-0.15, -0.1) is 0 Å². The molecule has 0 radical (unpaired) electrons. The second-order valence-corrected chi connectivity index (χ2v) is 50.6. The number of alkyl halides is 1. The minimum atomic E-state index is -0.278. The van der Waals surface area contributed by atoms with Crippen molar-refractivity contribution in [3.05, 3.63) is 14.9 Å². The average molecular weight is 995 g/mol. The van der Waals surface area contributed by atoms with Crippen LogP contribution in [-0.4, -0.2) is 4.43 Å². The summed E-state index contributed by atoms with van der Waals surface area (Å²) in [6.45, 7) is 2.11. The molecule has 1 aliphatic rings. The fourth-order valence-corrected chi connectivity index (χ4v) is 0.250. The summed E-state index contributed by atoms with van der Waals surface area (Å²) in [5.74, 6) is 0. The van der Waals surface area contributed by atoms with Crippen LogP contribution in [0.3, 0.4) is 0 Å². The molecule has 1 saturated carbocycles. The van der Waals surface area contributed by atoms with Crippen LogP contribution >= 0.6 is 122 Å². The zero-order valence-corrected chi connectivity index (χ0v) is 25.4. The van der Waals surface area contributed by atoms with Crippen molar-refractivity contribution >= 4 is 122 Å². The van der Waals surface area contributed by atoms with Gasteiger partial charge in [-0.05, 0) is 4.43 Å². The molecule has 0 unspecified atom stereocenters. The van der Waals surface area contributed by atoms with Crippen molar-refractivity contribution in [2.45, 2.75) is 40.0 Å². The Labute approximate surface area is 191 Å². The summed E-state index contributed by atoms with van der Waals surface area (Å²) in [5.41, 5.74) is 0. The SMILES string of the molecule is C.C1CCC1.CCI.[CH3-].[CH3-].[I][V]([I])[I].[I][V][I]. The third kappa shape index (κ3) is 90.3. The molecule has 1 rings (SSSR count). The van der Waals surface area contributed by atoms with Crippen LogP contribution in [0.15, 0.2) is 0 Å². The molecule has 17 heavy (non-hydrogen) atoms. The number of rotatable bonds is 0. The molecule has 0 heterocycles. The van der Waals surface area contributed by atoms with Gasteiger partial charge < -0.3 is 14.9 Å². The molecule has 0 aromatic heterocycles. The van der Waals surface area contributed by atoms with Gasteiger partial charge in [0.05, 0.1) is 0 Å². The Kier molecular flexibility index (Phi) is 96.7. The molecule has 0 N–H and O–H groups in total. The topological polar surface area (TPSA) is 0 Å². The second-order valence-electron chi connectivity index (χ2n) is 1.94. The molecule has 1 aliphatic carbocycles. The molecule has 0 spiro atoms. The van der Waals surface area contributed by atoms with E-state index in [0.29, 0.717) is 9.47 Å². The van der Waals surface area contributed by atoms with Gasteiger partial charge in [0.25, 0.3) is 0 Å². The summed E-state index contributed by atoms with van der Waals surface area (Å²) in [4.78, 5) is -0.278. The van der Waals surface area contributed by atoms with Crippen LogP contribution in [-0.2, 0) is 14.4 Å². The van der Waals surface area contributed by atoms with Crippen molar-refractivity contribution in [3.8, 4) is 0 Å².